The maximum absolute atomic E-state index is 6.44. The van der Waals surface area contributed by atoms with Crippen LogP contribution in [0, 0.1) is 12.3 Å². The van der Waals surface area contributed by atoms with Crippen LogP contribution in [0.1, 0.15) is 74.3 Å². The van der Waals surface area contributed by atoms with Crippen LogP contribution in [0.2, 0.25) is 5.02 Å². The summed E-state index contributed by atoms with van der Waals surface area (Å²) < 4.78 is 0. The molecule has 0 saturated heterocycles. The highest BCUT2D eigenvalue weighted by Crippen LogP contribution is 2.38. The first-order valence-electron chi connectivity index (χ1n) is 13.5. The largest absolute Gasteiger partial charge is 0.352 e. The fourth-order valence-electron chi connectivity index (χ4n) is 5.27. The quantitative estimate of drug-likeness (QED) is 0.315. The third-order valence-corrected chi connectivity index (χ3v) is 7.74. The van der Waals surface area contributed by atoms with Crippen LogP contribution in [0.3, 0.4) is 0 Å². The topological polar surface area (TPSA) is 41.1 Å². The molecule has 196 valence electrons. The summed E-state index contributed by atoms with van der Waals surface area (Å²) in [5.74, 6) is 2.00. The van der Waals surface area contributed by atoms with Crippen molar-refractivity contribution in [1.29, 1.82) is 0 Å². The van der Waals surface area contributed by atoms with E-state index in [0.717, 1.165) is 72.1 Å². The maximum Gasteiger partial charge on any atom is 0.144 e. The van der Waals surface area contributed by atoms with Gasteiger partial charge in [-0.2, -0.15) is 0 Å². The zero-order chi connectivity index (χ0) is 26.7. The summed E-state index contributed by atoms with van der Waals surface area (Å²) in [5.41, 5.74) is 9.76. The Labute approximate surface area is 228 Å². The van der Waals surface area contributed by atoms with E-state index in [1.165, 1.54) is 27.9 Å². The predicted molar refractivity (Wildman–Crippen MR) is 158 cm³/mol. The zero-order valence-electron chi connectivity index (χ0n) is 23.3. The van der Waals surface area contributed by atoms with Gasteiger partial charge in [-0.25, -0.2) is 9.97 Å². The molecule has 0 saturated carbocycles. The van der Waals surface area contributed by atoms with Gasteiger partial charge < -0.3 is 10.2 Å². The molecule has 0 radical (unpaired) electrons. The number of fused-ring (bicyclic) bond motifs is 1. The number of aryl methyl sites for hydroxylation is 2. The molecule has 1 aromatic heterocycles. The van der Waals surface area contributed by atoms with Gasteiger partial charge in [-0.15, -0.1) is 0 Å². The standard InChI is InChI=1S/C32H41ClN4/c1-8-15-37(31-27-18-32(5,6)14-13-29(27)35-30(36-31)19-34-7)20-25-16-23(10-9-22(25)4)24-11-12-28(33)26(17-24)21(2)3/h9-12,16-17,34H,2,8,13-15,18-20H2,1,3-7H3. The van der Waals surface area contributed by atoms with Gasteiger partial charge in [-0.05, 0) is 104 Å². The molecule has 3 aromatic rings. The molecular weight excluding hydrogens is 476 g/mol. The van der Waals surface area contributed by atoms with E-state index in [1.54, 1.807) is 0 Å². The van der Waals surface area contributed by atoms with Crippen molar-refractivity contribution in [3.05, 3.63) is 81.8 Å². The van der Waals surface area contributed by atoms with Gasteiger partial charge in [0.25, 0.3) is 0 Å². The average Bonchev–Trinajstić information content (AvgIpc) is 2.85. The van der Waals surface area contributed by atoms with E-state index in [4.69, 9.17) is 21.6 Å². The second-order valence-corrected chi connectivity index (χ2v) is 11.7. The normalized spacial score (nSPS) is 14.4. The first-order valence-corrected chi connectivity index (χ1v) is 13.8. The minimum atomic E-state index is 0.263. The van der Waals surface area contributed by atoms with Crippen LogP contribution in [-0.4, -0.2) is 23.6 Å². The fourth-order valence-corrected chi connectivity index (χ4v) is 5.54. The Morgan fingerprint density at radius 2 is 1.86 bits per heavy atom. The molecule has 0 unspecified atom stereocenters. The summed E-state index contributed by atoms with van der Waals surface area (Å²) in [4.78, 5) is 12.6. The average molecular weight is 517 g/mol. The van der Waals surface area contributed by atoms with Crippen molar-refractivity contribution in [2.45, 2.75) is 73.4 Å². The second-order valence-electron chi connectivity index (χ2n) is 11.3. The number of anilines is 1. The van der Waals surface area contributed by atoms with Crippen LogP contribution >= 0.6 is 11.6 Å². The number of nitrogens with zero attached hydrogens (tertiary/aromatic N) is 3. The van der Waals surface area contributed by atoms with Gasteiger partial charge in [0.1, 0.15) is 11.6 Å². The first kappa shape index (κ1) is 27.3. The van der Waals surface area contributed by atoms with Crippen molar-refractivity contribution in [3.63, 3.8) is 0 Å². The third-order valence-electron chi connectivity index (χ3n) is 7.41. The SMILES string of the molecule is C=C(C)c1cc(-c2ccc(C)c(CN(CCC)c3nc(CNC)nc4c3CC(C)(C)CC4)c2)ccc1Cl. The minimum Gasteiger partial charge on any atom is -0.352 e. The van der Waals surface area contributed by atoms with Gasteiger partial charge in [0.15, 0.2) is 0 Å². The molecule has 0 fully saturated rings. The number of hydrogen-bond acceptors (Lipinski definition) is 4. The Hall–Kier alpha value is -2.69. The van der Waals surface area contributed by atoms with Crippen LogP contribution in [0.5, 0.6) is 0 Å². The highest BCUT2D eigenvalue weighted by molar-refractivity contribution is 6.32. The predicted octanol–water partition coefficient (Wildman–Crippen LogP) is 7.79. The van der Waals surface area contributed by atoms with Gasteiger partial charge in [0.2, 0.25) is 0 Å². The molecule has 4 nitrogen and oxygen atoms in total. The van der Waals surface area contributed by atoms with Gasteiger partial charge in [-0.1, -0.05) is 57.2 Å². The molecule has 5 heteroatoms. The van der Waals surface area contributed by atoms with E-state index in [-0.39, 0.29) is 5.41 Å². The maximum atomic E-state index is 6.44. The number of halogens is 1. The zero-order valence-corrected chi connectivity index (χ0v) is 24.1. The van der Waals surface area contributed by atoms with Crippen LogP contribution in [0.4, 0.5) is 5.82 Å². The Bertz CT molecular complexity index is 1290. The Kier molecular flexibility index (Phi) is 8.40. The number of aromatic nitrogens is 2. The highest BCUT2D eigenvalue weighted by atomic mass is 35.5. The number of nitrogens with one attached hydrogen (secondary N) is 1. The van der Waals surface area contributed by atoms with Crippen molar-refractivity contribution < 1.29 is 0 Å². The molecule has 0 spiro atoms. The van der Waals surface area contributed by atoms with E-state index in [1.807, 2.05) is 20.0 Å². The van der Waals surface area contributed by atoms with Crippen molar-refractivity contribution >= 4 is 23.0 Å². The Morgan fingerprint density at radius 3 is 2.57 bits per heavy atom. The molecule has 1 aliphatic carbocycles. The molecule has 4 rings (SSSR count). The lowest BCUT2D eigenvalue weighted by molar-refractivity contribution is 0.311. The number of hydrogen-bond donors (Lipinski definition) is 1. The molecule has 1 heterocycles. The van der Waals surface area contributed by atoms with Crippen LogP contribution in [0.15, 0.2) is 43.0 Å². The Balaban J connectivity index is 1.75. The fraction of sp³-hybridized carbons (Fsp3) is 0.438. The molecule has 0 amide bonds. The van der Waals surface area contributed by atoms with Crippen molar-refractivity contribution in [2.75, 3.05) is 18.5 Å². The summed E-state index contributed by atoms with van der Waals surface area (Å²) >= 11 is 6.44. The van der Waals surface area contributed by atoms with Gasteiger partial charge in [0.05, 0.1) is 6.54 Å². The van der Waals surface area contributed by atoms with Gasteiger partial charge in [0, 0.05) is 29.4 Å². The molecule has 1 aliphatic rings. The van der Waals surface area contributed by atoms with Crippen molar-refractivity contribution in [3.8, 4) is 11.1 Å². The highest BCUT2D eigenvalue weighted by Gasteiger charge is 2.31. The molecular formula is C32H41ClN4. The third kappa shape index (κ3) is 6.25. The van der Waals surface area contributed by atoms with Crippen LogP contribution < -0.4 is 10.2 Å². The van der Waals surface area contributed by atoms with E-state index in [2.05, 4.69) is 74.8 Å². The molecule has 0 aliphatic heterocycles. The first-order chi connectivity index (χ1) is 17.6. The van der Waals surface area contributed by atoms with E-state index in [0.29, 0.717) is 6.54 Å². The monoisotopic (exact) mass is 516 g/mol. The molecule has 0 atom stereocenters. The van der Waals surface area contributed by atoms with Crippen molar-refractivity contribution in [2.24, 2.45) is 5.41 Å². The Morgan fingerprint density at radius 1 is 1.14 bits per heavy atom. The number of benzene rings is 2. The second kappa shape index (κ2) is 11.4. The summed E-state index contributed by atoms with van der Waals surface area (Å²) in [7, 11) is 1.96. The number of rotatable bonds is 9. The molecule has 2 aromatic carbocycles. The molecule has 1 N–H and O–H groups in total. The summed E-state index contributed by atoms with van der Waals surface area (Å²) in [5, 5.41) is 3.99. The lowest BCUT2D eigenvalue weighted by Crippen LogP contribution is -2.32. The molecule has 37 heavy (non-hydrogen) atoms. The van der Waals surface area contributed by atoms with E-state index < -0.39 is 0 Å². The summed E-state index contributed by atoms with van der Waals surface area (Å²) in [6.07, 6.45) is 4.26. The van der Waals surface area contributed by atoms with E-state index >= 15 is 0 Å². The minimum absolute atomic E-state index is 0.263. The van der Waals surface area contributed by atoms with Gasteiger partial charge >= 0.3 is 0 Å². The number of allylic oxidation sites excluding steroid dienone is 1. The van der Waals surface area contributed by atoms with E-state index in [9.17, 15) is 0 Å². The lowest BCUT2D eigenvalue weighted by Gasteiger charge is -2.35. The van der Waals surface area contributed by atoms with Crippen molar-refractivity contribution in [1.82, 2.24) is 15.3 Å². The van der Waals surface area contributed by atoms with Gasteiger partial charge in [-0.3, -0.25) is 0 Å². The smallest absolute Gasteiger partial charge is 0.144 e. The lowest BCUT2D eigenvalue weighted by atomic mass is 9.76. The summed E-state index contributed by atoms with van der Waals surface area (Å²) in [6.45, 7) is 17.7. The van der Waals surface area contributed by atoms with Crippen LogP contribution in [0.25, 0.3) is 16.7 Å². The molecule has 0 bridgehead atoms. The van der Waals surface area contributed by atoms with Crippen LogP contribution in [-0.2, 0) is 25.9 Å². The summed E-state index contributed by atoms with van der Waals surface area (Å²) in [6, 6.07) is 13.0.